The van der Waals surface area contributed by atoms with Gasteiger partial charge in [-0.15, -0.1) is 0 Å². The first-order valence-electron chi connectivity index (χ1n) is 6.38. The molecule has 5 heteroatoms. The lowest BCUT2D eigenvalue weighted by atomic mass is 9.86. The van der Waals surface area contributed by atoms with Crippen molar-refractivity contribution in [2.75, 3.05) is 6.61 Å². The smallest absolute Gasteiger partial charge is 0.173 e. The summed E-state index contributed by atoms with van der Waals surface area (Å²) in [6.45, 7) is 0.0440. The van der Waals surface area contributed by atoms with E-state index >= 15 is 0 Å². The van der Waals surface area contributed by atoms with E-state index in [1.807, 2.05) is 0 Å². The first-order valence-corrected chi connectivity index (χ1v) is 7.51. The molecule has 1 aliphatic carbocycles. The molecule has 0 aliphatic heterocycles. The van der Waals surface area contributed by atoms with Gasteiger partial charge < -0.3 is 4.74 Å². The van der Waals surface area contributed by atoms with Crippen molar-refractivity contribution in [2.24, 2.45) is 5.92 Å². The van der Waals surface area contributed by atoms with Gasteiger partial charge in [-0.25, -0.2) is 0 Å². The second-order valence-corrected chi connectivity index (χ2v) is 6.01. The molecule has 1 aromatic carbocycles. The fourth-order valence-corrected chi connectivity index (χ4v) is 2.90. The molecule has 0 saturated heterocycles. The van der Waals surface area contributed by atoms with Crippen molar-refractivity contribution in [3.05, 3.63) is 27.2 Å². The lowest BCUT2D eigenvalue weighted by Gasteiger charge is -2.20. The van der Waals surface area contributed by atoms with Crippen LogP contribution in [0.3, 0.4) is 0 Å². The summed E-state index contributed by atoms with van der Waals surface area (Å²) in [7, 11) is 0. The van der Waals surface area contributed by atoms with Gasteiger partial charge in [0.15, 0.2) is 5.78 Å². The van der Waals surface area contributed by atoms with Crippen LogP contribution in [-0.2, 0) is 4.79 Å². The van der Waals surface area contributed by atoms with Crippen LogP contribution < -0.4 is 4.74 Å². The Kier molecular flexibility index (Phi) is 5.37. The van der Waals surface area contributed by atoms with Gasteiger partial charge in [0.2, 0.25) is 0 Å². The van der Waals surface area contributed by atoms with Crippen LogP contribution in [0, 0.1) is 5.92 Å². The molecule has 0 unspecified atom stereocenters. The van der Waals surface area contributed by atoms with Crippen molar-refractivity contribution in [1.82, 2.24) is 0 Å². The predicted octanol–water partition coefficient (Wildman–Crippen LogP) is 5.18. The first kappa shape index (κ1) is 15.0. The Hall–Kier alpha value is -0.440. The molecular weight excluding hydrogens is 307 g/mol. The number of benzene rings is 1. The van der Waals surface area contributed by atoms with E-state index in [1.165, 1.54) is 12.5 Å². The quantitative estimate of drug-likeness (QED) is 0.715. The van der Waals surface area contributed by atoms with Crippen LogP contribution in [0.15, 0.2) is 12.1 Å². The summed E-state index contributed by atoms with van der Waals surface area (Å²) in [4.78, 5) is 12.0. The van der Waals surface area contributed by atoms with E-state index in [0.717, 1.165) is 25.7 Å². The molecule has 0 amide bonds. The molecule has 1 fully saturated rings. The van der Waals surface area contributed by atoms with E-state index in [-0.39, 0.29) is 18.3 Å². The summed E-state index contributed by atoms with van der Waals surface area (Å²) in [5.74, 6) is 0.678. The van der Waals surface area contributed by atoms with Crippen LogP contribution in [-0.4, -0.2) is 12.4 Å². The van der Waals surface area contributed by atoms with E-state index in [1.54, 1.807) is 6.07 Å². The minimum Gasteiger partial charge on any atom is -0.484 e. The SMILES string of the molecule is O=C(COc1cc(Cl)c(Cl)cc1Cl)C1CCCCC1. The van der Waals surface area contributed by atoms with Crippen molar-refractivity contribution in [3.8, 4) is 5.75 Å². The maximum Gasteiger partial charge on any atom is 0.173 e. The Morgan fingerprint density at radius 3 is 2.37 bits per heavy atom. The summed E-state index contributed by atoms with van der Waals surface area (Å²) < 4.78 is 5.46. The predicted molar refractivity (Wildman–Crippen MR) is 78.5 cm³/mol. The maximum atomic E-state index is 12.0. The number of halogens is 3. The third kappa shape index (κ3) is 4.01. The van der Waals surface area contributed by atoms with Gasteiger partial charge in [0, 0.05) is 12.0 Å². The van der Waals surface area contributed by atoms with Crippen LogP contribution in [0.5, 0.6) is 5.75 Å². The van der Waals surface area contributed by atoms with Crippen molar-refractivity contribution in [2.45, 2.75) is 32.1 Å². The highest BCUT2D eigenvalue weighted by molar-refractivity contribution is 6.43. The summed E-state index contributed by atoms with van der Waals surface area (Å²) in [5, 5.41) is 1.11. The van der Waals surface area contributed by atoms with Crippen molar-refractivity contribution < 1.29 is 9.53 Å². The molecule has 19 heavy (non-hydrogen) atoms. The van der Waals surface area contributed by atoms with Gasteiger partial charge in [0.05, 0.1) is 15.1 Å². The number of hydrogen-bond donors (Lipinski definition) is 0. The van der Waals surface area contributed by atoms with Crippen LogP contribution in [0.4, 0.5) is 0 Å². The van der Waals surface area contributed by atoms with Gasteiger partial charge >= 0.3 is 0 Å². The molecule has 2 nitrogen and oxygen atoms in total. The van der Waals surface area contributed by atoms with E-state index in [9.17, 15) is 4.79 Å². The van der Waals surface area contributed by atoms with Gasteiger partial charge in [-0.2, -0.15) is 0 Å². The molecule has 1 aliphatic rings. The highest BCUT2D eigenvalue weighted by Gasteiger charge is 2.21. The first-order chi connectivity index (χ1) is 9.08. The Bertz CT molecular complexity index is 468. The normalized spacial score (nSPS) is 16.4. The van der Waals surface area contributed by atoms with Crippen molar-refractivity contribution >= 4 is 40.6 Å². The number of ether oxygens (including phenoxy) is 1. The molecule has 0 bridgehead atoms. The minimum absolute atomic E-state index is 0.0440. The summed E-state index contributed by atoms with van der Waals surface area (Å²) in [6.07, 6.45) is 5.42. The molecule has 0 atom stereocenters. The lowest BCUT2D eigenvalue weighted by Crippen LogP contribution is -2.23. The number of rotatable bonds is 4. The number of carbonyl (C=O) groups is 1. The van der Waals surface area contributed by atoms with Crippen LogP contribution in [0.1, 0.15) is 32.1 Å². The molecule has 1 saturated carbocycles. The zero-order valence-corrected chi connectivity index (χ0v) is 12.7. The van der Waals surface area contributed by atoms with Gasteiger partial charge in [-0.1, -0.05) is 54.1 Å². The minimum atomic E-state index is 0.0440. The number of hydrogen-bond acceptors (Lipinski definition) is 2. The van der Waals surface area contributed by atoms with E-state index in [0.29, 0.717) is 20.8 Å². The van der Waals surface area contributed by atoms with Gasteiger partial charge in [0.1, 0.15) is 12.4 Å². The van der Waals surface area contributed by atoms with Crippen LogP contribution in [0.2, 0.25) is 15.1 Å². The Balaban J connectivity index is 1.94. The largest absolute Gasteiger partial charge is 0.484 e. The van der Waals surface area contributed by atoms with Crippen molar-refractivity contribution in [3.63, 3.8) is 0 Å². The zero-order valence-electron chi connectivity index (χ0n) is 10.4. The summed E-state index contributed by atoms with van der Waals surface area (Å²) in [5.41, 5.74) is 0. The molecule has 0 radical (unpaired) electrons. The Morgan fingerprint density at radius 2 is 1.68 bits per heavy atom. The standard InChI is InChI=1S/C14H15Cl3O2/c15-10-6-12(17)14(7-11(10)16)19-8-13(18)9-4-2-1-3-5-9/h6-7,9H,1-5,8H2. The molecule has 2 rings (SSSR count). The van der Waals surface area contributed by atoms with Gasteiger partial charge in [-0.3, -0.25) is 4.79 Å². The Labute approximate surface area is 128 Å². The van der Waals surface area contributed by atoms with Gasteiger partial charge in [-0.05, 0) is 18.9 Å². The third-order valence-corrected chi connectivity index (χ3v) is 4.42. The van der Waals surface area contributed by atoms with E-state index in [4.69, 9.17) is 39.5 Å². The number of Topliss-reactive ketones (excluding diaryl/α,β-unsaturated/α-hetero) is 1. The average molecular weight is 322 g/mol. The topological polar surface area (TPSA) is 26.3 Å². The zero-order chi connectivity index (χ0) is 13.8. The Morgan fingerprint density at radius 1 is 1.05 bits per heavy atom. The highest BCUT2D eigenvalue weighted by atomic mass is 35.5. The fourth-order valence-electron chi connectivity index (χ4n) is 2.31. The number of ketones is 1. The molecule has 0 spiro atoms. The van der Waals surface area contributed by atoms with Crippen LogP contribution >= 0.6 is 34.8 Å². The lowest BCUT2D eigenvalue weighted by molar-refractivity contribution is -0.125. The molecular formula is C14H15Cl3O2. The van der Waals surface area contributed by atoms with Crippen LogP contribution in [0.25, 0.3) is 0 Å². The second kappa shape index (κ2) is 6.83. The molecule has 104 valence electrons. The van der Waals surface area contributed by atoms with Crippen molar-refractivity contribution in [1.29, 1.82) is 0 Å². The molecule has 0 N–H and O–H groups in total. The highest BCUT2D eigenvalue weighted by Crippen LogP contribution is 2.34. The average Bonchev–Trinajstić information content (AvgIpc) is 2.42. The second-order valence-electron chi connectivity index (χ2n) is 4.79. The molecule has 0 heterocycles. The van der Waals surface area contributed by atoms with E-state index < -0.39 is 0 Å². The van der Waals surface area contributed by atoms with Gasteiger partial charge in [0.25, 0.3) is 0 Å². The summed E-state index contributed by atoms with van der Waals surface area (Å²) in [6, 6.07) is 3.06. The third-order valence-electron chi connectivity index (χ3n) is 3.41. The maximum absolute atomic E-state index is 12.0. The number of carbonyl (C=O) groups excluding carboxylic acids is 1. The van der Waals surface area contributed by atoms with E-state index in [2.05, 4.69) is 0 Å². The summed E-state index contributed by atoms with van der Waals surface area (Å²) >= 11 is 17.7. The molecule has 1 aromatic rings. The molecule has 0 aromatic heterocycles. The fraction of sp³-hybridized carbons (Fsp3) is 0.500. The monoisotopic (exact) mass is 320 g/mol.